The Balaban J connectivity index is 2.13. The summed E-state index contributed by atoms with van der Waals surface area (Å²) in [4.78, 5) is 15.4. The molecule has 104 valence electrons. The third-order valence-electron chi connectivity index (χ3n) is 3.89. The van der Waals surface area contributed by atoms with Crippen molar-refractivity contribution in [1.29, 1.82) is 0 Å². The van der Waals surface area contributed by atoms with Crippen LogP contribution in [-0.4, -0.2) is 23.9 Å². The highest BCUT2D eigenvalue weighted by atomic mass is 79.9. The first kappa shape index (κ1) is 14.9. The molecule has 0 aromatic heterocycles. The van der Waals surface area contributed by atoms with Gasteiger partial charge in [0.1, 0.15) is 0 Å². The number of rotatable bonds is 2. The van der Waals surface area contributed by atoms with Gasteiger partial charge in [-0.05, 0) is 59.3 Å². The van der Waals surface area contributed by atoms with E-state index in [1.807, 2.05) is 23.1 Å². The largest absolute Gasteiger partial charge is 0.339 e. The van der Waals surface area contributed by atoms with Gasteiger partial charge < -0.3 is 4.90 Å². The second-order valence-electron chi connectivity index (χ2n) is 5.16. The van der Waals surface area contributed by atoms with Crippen LogP contribution in [0, 0.1) is 5.92 Å². The molecule has 1 heterocycles. The van der Waals surface area contributed by atoms with E-state index in [0.717, 1.165) is 46.8 Å². The summed E-state index contributed by atoms with van der Waals surface area (Å²) in [6.07, 6.45) is 4.70. The summed E-state index contributed by atoms with van der Waals surface area (Å²) in [5, 5.41) is 0. The highest BCUT2D eigenvalue weighted by Crippen LogP contribution is 2.25. The maximum Gasteiger partial charge on any atom is 0.255 e. The van der Waals surface area contributed by atoms with Gasteiger partial charge in [0.25, 0.3) is 5.91 Å². The van der Waals surface area contributed by atoms with Gasteiger partial charge in [-0.15, -0.1) is 12.6 Å². The third-order valence-corrected chi connectivity index (χ3v) is 4.86. The van der Waals surface area contributed by atoms with Gasteiger partial charge in [0.2, 0.25) is 0 Å². The monoisotopic (exact) mass is 341 g/mol. The highest BCUT2D eigenvalue weighted by molar-refractivity contribution is 9.10. The molecule has 2 rings (SSSR count). The Kier molecular flexibility index (Phi) is 5.34. The number of hydrogen-bond donors (Lipinski definition) is 1. The second-order valence-corrected chi connectivity index (χ2v) is 6.53. The van der Waals surface area contributed by atoms with E-state index in [1.165, 1.54) is 12.8 Å². The Labute approximate surface area is 129 Å². The van der Waals surface area contributed by atoms with Gasteiger partial charge in [0, 0.05) is 22.5 Å². The number of carbonyl (C=O) groups is 1. The van der Waals surface area contributed by atoms with Crippen molar-refractivity contribution in [1.82, 2.24) is 4.90 Å². The normalized spacial score (nSPS) is 20.2. The van der Waals surface area contributed by atoms with Gasteiger partial charge in [-0.1, -0.05) is 13.3 Å². The van der Waals surface area contributed by atoms with Crippen molar-refractivity contribution in [2.24, 2.45) is 5.92 Å². The number of hydrogen-bond acceptors (Lipinski definition) is 2. The molecule has 1 aliphatic heterocycles. The number of nitrogens with zero attached hydrogens (tertiary/aromatic N) is 1. The maximum atomic E-state index is 12.6. The number of benzene rings is 1. The molecule has 1 aromatic carbocycles. The molecule has 1 atom stereocenters. The van der Waals surface area contributed by atoms with Crippen molar-refractivity contribution in [2.45, 2.75) is 37.5 Å². The average molecular weight is 342 g/mol. The first-order valence-corrected chi connectivity index (χ1v) is 8.13. The Morgan fingerprint density at radius 1 is 1.42 bits per heavy atom. The Hall–Kier alpha value is -0.480. The first-order valence-electron chi connectivity index (χ1n) is 6.89. The lowest BCUT2D eigenvalue weighted by molar-refractivity contribution is 0.0758. The molecule has 4 heteroatoms. The molecule has 2 nitrogen and oxygen atoms in total. The molecular formula is C15H20BrNOS. The molecule has 0 aliphatic carbocycles. The van der Waals surface area contributed by atoms with E-state index in [0.29, 0.717) is 0 Å². The number of likely N-dealkylation sites (tertiary alicyclic amines) is 1. The Morgan fingerprint density at radius 2 is 2.21 bits per heavy atom. The molecule has 1 amide bonds. The molecule has 0 bridgehead atoms. The van der Waals surface area contributed by atoms with Gasteiger partial charge in [-0.3, -0.25) is 4.79 Å². The van der Waals surface area contributed by atoms with Crippen molar-refractivity contribution in [3.63, 3.8) is 0 Å². The van der Waals surface area contributed by atoms with Gasteiger partial charge in [-0.2, -0.15) is 0 Å². The van der Waals surface area contributed by atoms with Crippen molar-refractivity contribution in [3.8, 4) is 0 Å². The zero-order chi connectivity index (χ0) is 13.8. The summed E-state index contributed by atoms with van der Waals surface area (Å²) in [5.74, 6) is 0.900. The van der Waals surface area contributed by atoms with E-state index in [2.05, 4.69) is 35.5 Å². The van der Waals surface area contributed by atoms with E-state index in [1.54, 1.807) is 0 Å². The third kappa shape index (κ3) is 3.76. The molecule has 1 saturated heterocycles. The Morgan fingerprint density at radius 3 is 2.95 bits per heavy atom. The molecule has 0 saturated carbocycles. The van der Waals surface area contributed by atoms with Gasteiger partial charge >= 0.3 is 0 Å². The lowest BCUT2D eigenvalue weighted by atomic mass is 9.98. The predicted octanol–water partition coefficient (Wildman–Crippen LogP) is 4.39. The van der Waals surface area contributed by atoms with Crippen LogP contribution in [0.2, 0.25) is 0 Å². The summed E-state index contributed by atoms with van der Waals surface area (Å²) in [5.41, 5.74) is 0.724. The van der Waals surface area contributed by atoms with Crippen LogP contribution < -0.4 is 0 Å². The number of carbonyl (C=O) groups excluding carboxylic acids is 1. The minimum absolute atomic E-state index is 0.125. The molecule has 1 aromatic rings. The quantitative estimate of drug-likeness (QED) is 0.791. The Bertz CT molecular complexity index is 463. The van der Waals surface area contributed by atoms with E-state index >= 15 is 0 Å². The minimum atomic E-state index is 0.125. The SMILES string of the molecule is CCC1CCCN(C(=O)c2cc(S)ccc2Br)CC1. The summed E-state index contributed by atoms with van der Waals surface area (Å²) in [7, 11) is 0. The molecule has 0 radical (unpaired) electrons. The van der Waals surface area contributed by atoms with Crippen molar-refractivity contribution in [2.75, 3.05) is 13.1 Å². The van der Waals surface area contributed by atoms with Crippen LogP contribution in [0.4, 0.5) is 0 Å². The van der Waals surface area contributed by atoms with Crippen LogP contribution in [0.1, 0.15) is 43.0 Å². The number of amides is 1. The van der Waals surface area contributed by atoms with Gasteiger partial charge in [0.05, 0.1) is 5.56 Å². The fourth-order valence-corrected chi connectivity index (χ4v) is 3.24. The van der Waals surface area contributed by atoms with Crippen LogP contribution in [-0.2, 0) is 0 Å². The first-order chi connectivity index (χ1) is 9.11. The molecule has 19 heavy (non-hydrogen) atoms. The van der Waals surface area contributed by atoms with Crippen LogP contribution in [0.15, 0.2) is 27.6 Å². The second kappa shape index (κ2) is 6.80. The summed E-state index contributed by atoms with van der Waals surface area (Å²) in [6, 6.07) is 5.62. The molecular weight excluding hydrogens is 322 g/mol. The van der Waals surface area contributed by atoms with Crippen LogP contribution in [0.3, 0.4) is 0 Å². The van der Waals surface area contributed by atoms with Gasteiger partial charge in [-0.25, -0.2) is 0 Å². The maximum absolute atomic E-state index is 12.6. The molecule has 1 aliphatic rings. The lowest BCUT2D eigenvalue weighted by Gasteiger charge is -2.21. The summed E-state index contributed by atoms with van der Waals surface area (Å²) in [6.45, 7) is 3.99. The molecule has 0 N–H and O–H groups in total. The number of thiol groups is 1. The molecule has 1 unspecified atom stereocenters. The topological polar surface area (TPSA) is 20.3 Å². The highest BCUT2D eigenvalue weighted by Gasteiger charge is 2.22. The van der Waals surface area contributed by atoms with E-state index in [4.69, 9.17) is 0 Å². The van der Waals surface area contributed by atoms with Crippen LogP contribution in [0.5, 0.6) is 0 Å². The summed E-state index contributed by atoms with van der Waals surface area (Å²) >= 11 is 7.78. The van der Waals surface area contributed by atoms with E-state index in [-0.39, 0.29) is 5.91 Å². The van der Waals surface area contributed by atoms with Crippen molar-refractivity contribution < 1.29 is 4.79 Å². The summed E-state index contributed by atoms with van der Waals surface area (Å²) < 4.78 is 0.853. The lowest BCUT2D eigenvalue weighted by Crippen LogP contribution is -2.32. The number of halogens is 1. The zero-order valence-electron chi connectivity index (χ0n) is 11.2. The predicted molar refractivity (Wildman–Crippen MR) is 84.9 cm³/mol. The zero-order valence-corrected chi connectivity index (χ0v) is 13.7. The van der Waals surface area contributed by atoms with Crippen molar-refractivity contribution >= 4 is 34.5 Å². The fourth-order valence-electron chi connectivity index (χ4n) is 2.62. The smallest absolute Gasteiger partial charge is 0.255 e. The van der Waals surface area contributed by atoms with E-state index < -0.39 is 0 Å². The minimum Gasteiger partial charge on any atom is -0.339 e. The van der Waals surface area contributed by atoms with Gasteiger partial charge in [0.15, 0.2) is 0 Å². The fraction of sp³-hybridized carbons (Fsp3) is 0.533. The van der Waals surface area contributed by atoms with Crippen molar-refractivity contribution in [3.05, 3.63) is 28.2 Å². The molecule has 0 spiro atoms. The average Bonchev–Trinajstić information content (AvgIpc) is 2.66. The van der Waals surface area contributed by atoms with Crippen LogP contribution in [0.25, 0.3) is 0 Å². The van der Waals surface area contributed by atoms with Crippen LogP contribution >= 0.6 is 28.6 Å². The van der Waals surface area contributed by atoms with E-state index in [9.17, 15) is 4.79 Å². The molecule has 1 fully saturated rings. The standard InChI is InChI=1S/C15H20BrNOS/c1-2-11-4-3-8-17(9-7-11)15(18)13-10-12(19)5-6-14(13)16/h5-6,10-11,19H,2-4,7-9H2,1H3.